The maximum Gasteiger partial charge on any atom is 0.273 e. The van der Waals surface area contributed by atoms with Crippen LogP contribution in [0.5, 0.6) is 5.75 Å². The number of aromatic nitrogens is 3. The van der Waals surface area contributed by atoms with Crippen molar-refractivity contribution in [3.05, 3.63) is 76.2 Å². The molecule has 0 spiro atoms. The second kappa shape index (κ2) is 7.43. The molecule has 29 heavy (non-hydrogen) atoms. The lowest BCUT2D eigenvalue weighted by Gasteiger charge is -2.18. The summed E-state index contributed by atoms with van der Waals surface area (Å²) < 4.78 is 9.07. The van der Waals surface area contributed by atoms with E-state index in [0.717, 1.165) is 27.9 Å². The van der Waals surface area contributed by atoms with Crippen LogP contribution in [0.25, 0.3) is 16.6 Å². The lowest BCUT2D eigenvalue weighted by atomic mass is 10.2. The molecule has 0 bridgehead atoms. The summed E-state index contributed by atoms with van der Waals surface area (Å²) in [7, 11) is 1.61. The third-order valence-corrected chi connectivity index (χ3v) is 5.08. The van der Waals surface area contributed by atoms with Crippen molar-refractivity contribution in [2.24, 2.45) is 0 Å². The SMILES string of the molecule is COc1ccccc1CNC(=O)C(C)n1c2ccccc2c2nc(=O)cc(C)n21. The van der Waals surface area contributed by atoms with E-state index >= 15 is 0 Å². The minimum Gasteiger partial charge on any atom is -0.496 e. The summed E-state index contributed by atoms with van der Waals surface area (Å²) in [5.41, 5.74) is 2.72. The lowest BCUT2D eigenvalue weighted by Crippen LogP contribution is -2.32. The molecule has 0 aliphatic rings. The lowest BCUT2D eigenvalue weighted by molar-refractivity contribution is -0.124. The van der Waals surface area contributed by atoms with Crippen molar-refractivity contribution in [2.45, 2.75) is 26.4 Å². The molecule has 0 radical (unpaired) electrons. The van der Waals surface area contributed by atoms with E-state index in [4.69, 9.17) is 4.74 Å². The molecule has 2 heterocycles. The fraction of sp³-hybridized carbons (Fsp3) is 0.227. The van der Waals surface area contributed by atoms with Crippen molar-refractivity contribution in [3.8, 4) is 5.75 Å². The van der Waals surface area contributed by atoms with E-state index in [9.17, 15) is 9.59 Å². The van der Waals surface area contributed by atoms with E-state index in [1.807, 2.05) is 71.6 Å². The van der Waals surface area contributed by atoms with Gasteiger partial charge in [0.1, 0.15) is 11.8 Å². The van der Waals surface area contributed by atoms with Crippen molar-refractivity contribution in [1.82, 2.24) is 19.5 Å². The van der Waals surface area contributed by atoms with Crippen LogP contribution in [0.2, 0.25) is 0 Å². The largest absolute Gasteiger partial charge is 0.496 e. The van der Waals surface area contributed by atoms with E-state index in [1.54, 1.807) is 7.11 Å². The summed E-state index contributed by atoms with van der Waals surface area (Å²) in [6.45, 7) is 4.03. The van der Waals surface area contributed by atoms with Gasteiger partial charge in [0.15, 0.2) is 5.65 Å². The molecule has 0 saturated heterocycles. The quantitative estimate of drug-likeness (QED) is 0.568. The Morgan fingerprint density at radius 2 is 1.90 bits per heavy atom. The number of fused-ring (bicyclic) bond motifs is 3. The molecule has 0 saturated carbocycles. The van der Waals surface area contributed by atoms with Gasteiger partial charge in [-0.05, 0) is 32.0 Å². The Hall–Kier alpha value is -3.61. The maximum absolute atomic E-state index is 13.0. The van der Waals surface area contributed by atoms with Crippen LogP contribution >= 0.6 is 0 Å². The standard InChI is InChI=1S/C22H22N4O3/c1-14-12-20(27)24-21-17-9-5-6-10-18(17)26(25(14)21)15(2)22(28)23-13-16-8-4-7-11-19(16)29-3/h4-12,15H,13H2,1-3H3,(H,23,28). The summed E-state index contributed by atoms with van der Waals surface area (Å²) in [5.74, 6) is 0.589. The molecule has 4 aromatic rings. The second-order valence-electron chi connectivity index (χ2n) is 6.94. The highest BCUT2D eigenvalue weighted by atomic mass is 16.5. The summed E-state index contributed by atoms with van der Waals surface area (Å²) in [6.07, 6.45) is 0. The highest BCUT2D eigenvalue weighted by molar-refractivity contribution is 5.94. The number of carbonyl (C=O) groups is 1. The maximum atomic E-state index is 13.0. The van der Waals surface area contributed by atoms with E-state index in [0.29, 0.717) is 12.2 Å². The van der Waals surface area contributed by atoms with E-state index in [1.165, 1.54) is 6.07 Å². The first-order chi connectivity index (χ1) is 14.0. The molecule has 0 fully saturated rings. The first-order valence-corrected chi connectivity index (χ1v) is 9.40. The average Bonchev–Trinajstić information content (AvgIpc) is 3.06. The molecule has 1 N–H and O–H groups in total. The summed E-state index contributed by atoms with van der Waals surface area (Å²) >= 11 is 0. The number of rotatable bonds is 5. The van der Waals surface area contributed by atoms with Gasteiger partial charge in [0.2, 0.25) is 5.91 Å². The summed E-state index contributed by atoms with van der Waals surface area (Å²) in [5, 5.41) is 3.82. The van der Waals surface area contributed by atoms with Crippen LogP contribution in [-0.2, 0) is 11.3 Å². The number of amides is 1. The molecule has 7 heteroatoms. The predicted octanol–water partition coefficient (Wildman–Crippen LogP) is 2.84. The van der Waals surface area contributed by atoms with Gasteiger partial charge in [0, 0.05) is 29.3 Å². The fourth-order valence-electron chi connectivity index (χ4n) is 3.68. The van der Waals surface area contributed by atoms with Crippen LogP contribution in [0.4, 0.5) is 0 Å². The summed E-state index contributed by atoms with van der Waals surface area (Å²) in [4.78, 5) is 29.1. The van der Waals surface area contributed by atoms with Crippen molar-refractivity contribution in [2.75, 3.05) is 7.11 Å². The predicted molar refractivity (Wildman–Crippen MR) is 111 cm³/mol. The highest BCUT2D eigenvalue weighted by Crippen LogP contribution is 2.25. The topological polar surface area (TPSA) is 77.6 Å². The minimum absolute atomic E-state index is 0.142. The van der Waals surface area contributed by atoms with Crippen LogP contribution < -0.4 is 15.6 Å². The van der Waals surface area contributed by atoms with E-state index in [2.05, 4.69) is 10.3 Å². The number of methoxy groups -OCH3 is 1. The minimum atomic E-state index is -0.518. The van der Waals surface area contributed by atoms with Gasteiger partial charge in [-0.2, -0.15) is 4.98 Å². The molecule has 1 atom stereocenters. The average molecular weight is 390 g/mol. The molecule has 1 unspecified atom stereocenters. The number of nitrogens with zero attached hydrogens (tertiary/aromatic N) is 3. The fourth-order valence-corrected chi connectivity index (χ4v) is 3.68. The zero-order valence-corrected chi connectivity index (χ0v) is 16.5. The number of hydrogen-bond acceptors (Lipinski definition) is 4. The molecule has 2 aromatic carbocycles. The van der Waals surface area contributed by atoms with Crippen LogP contribution in [0.3, 0.4) is 0 Å². The number of carbonyl (C=O) groups excluding carboxylic acids is 1. The van der Waals surface area contributed by atoms with E-state index < -0.39 is 6.04 Å². The van der Waals surface area contributed by atoms with Gasteiger partial charge >= 0.3 is 0 Å². The molecule has 4 rings (SSSR count). The summed E-state index contributed by atoms with van der Waals surface area (Å²) in [6, 6.07) is 16.2. The molecular formula is C22H22N4O3. The monoisotopic (exact) mass is 390 g/mol. The number of nitrogens with one attached hydrogen (secondary N) is 1. The van der Waals surface area contributed by atoms with Crippen LogP contribution in [0.1, 0.15) is 24.2 Å². The number of para-hydroxylation sites is 2. The molecular weight excluding hydrogens is 368 g/mol. The first-order valence-electron chi connectivity index (χ1n) is 9.40. The normalized spacial score (nSPS) is 12.2. The van der Waals surface area contributed by atoms with Gasteiger partial charge in [0.25, 0.3) is 5.56 Å². The van der Waals surface area contributed by atoms with Crippen LogP contribution in [-0.4, -0.2) is 27.2 Å². The zero-order chi connectivity index (χ0) is 20.5. The van der Waals surface area contributed by atoms with Gasteiger partial charge in [0.05, 0.1) is 12.6 Å². The Morgan fingerprint density at radius 1 is 1.17 bits per heavy atom. The highest BCUT2D eigenvalue weighted by Gasteiger charge is 2.22. The van der Waals surface area contributed by atoms with Gasteiger partial charge in [-0.25, -0.2) is 4.52 Å². The number of benzene rings is 2. The molecule has 7 nitrogen and oxygen atoms in total. The molecule has 0 aliphatic heterocycles. The third-order valence-electron chi connectivity index (χ3n) is 5.08. The van der Waals surface area contributed by atoms with E-state index in [-0.39, 0.29) is 11.5 Å². The Balaban J connectivity index is 1.73. The molecule has 148 valence electrons. The van der Waals surface area contributed by atoms with Crippen molar-refractivity contribution in [3.63, 3.8) is 0 Å². The molecule has 0 aliphatic carbocycles. The molecule has 1 amide bonds. The zero-order valence-electron chi connectivity index (χ0n) is 16.5. The van der Waals surface area contributed by atoms with Crippen LogP contribution in [0.15, 0.2) is 59.4 Å². The Bertz CT molecular complexity index is 1270. The first kappa shape index (κ1) is 18.7. The molecule has 2 aromatic heterocycles. The van der Waals surface area contributed by atoms with Crippen molar-refractivity contribution >= 4 is 22.5 Å². The Kier molecular flexibility index (Phi) is 4.80. The van der Waals surface area contributed by atoms with Crippen molar-refractivity contribution < 1.29 is 9.53 Å². The van der Waals surface area contributed by atoms with Gasteiger partial charge in [-0.15, -0.1) is 0 Å². The second-order valence-corrected chi connectivity index (χ2v) is 6.94. The van der Waals surface area contributed by atoms with Gasteiger partial charge < -0.3 is 10.1 Å². The number of aryl methyl sites for hydroxylation is 1. The van der Waals surface area contributed by atoms with Gasteiger partial charge in [-0.3, -0.25) is 14.3 Å². The number of ether oxygens (including phenoxy) is 1. The Morgan fingerprint density at radius 3 is 2.69 bits per heavy atom. The van der Waals surface area contributed by atoms with Crippen molar-refractivity contribution in [1.29, 1.82) is 0 Å². The number of hydrogen-bond donors (Lipinski definition) is 1. The third kappa shape index (κ3) is 3.24. The van der Waals surface area contributed by atoms with Crippen LogP contribution in [0, 0.1) is 6.92 Å². The Labute approximate surface area is 167 Å². The smallest absolute Gasteiger partial charge is 0.273 e. The van der Waals surface area contributed by atoms with Gasteiger partial charge in [-0.1, -0.05) is 30.3 Å².